The summed E-state index contributed by atoms with van der Waals surface area (Å²) in [6, 6.07) is 0.762. The van der Waals surface area contributed by atoms with Crippen LogP contribution < -0.4 is 5.32 Å². The fraction of sp³-hybridized carbons (Fsp3) is 0.667. The monoisotopic (exact) mass is 207 g/mol. The minimum atomic E-state index is 0.762. The minimum Gasteiger partial charge on any atom is -0.313 e. The van der Waals surface area contributed by atoms with Crippen molar-refractivity contribution in [3.05, 3.63) is 21.9 Å². The number of rotatable bonds is 3. The zero-order chi connectivity index (χ0) is 9.38. The Bertz CT molecular complexity index is 314. The Balaban J connectivity index is 1.57. The molecule has 1 unspecified atom stereocenters. The van der Waals surface area contributed by atoms with E-state index in [1.165, 1.54) is 38.6 Å². The van der Waals surface area contributed by atoms with E-state index in [4.69, 9.17) is 0 Å². The molecule has 2 aliphatic carbocycles. The Hall–Kier alpha value is -0.340. The minimum absolute atomic E-state index is 0.762. The van der Waals surface area contributed by atoms with E-state index < -0.39 is 0 Å². The molecule has 1 aromatic heterocycles. The van der Waals surface area contributed by atoms with E-state index in [1.807, 2.05) is 11.3 Å². The van der Waals surface area contributed by atoms with Crippen molar-refractivity contribution in [3.8, 4) is 0 Å². The van der Waals surface area contributed by atoms with E-state index in [-0.39, 0.29) is 0 Å². The predicted octanol–water partition coefficient (Wildman–Crippen LogP) is 2.61. The van der Waals surface area contributed by atoms with Crippen molar-refractivity contribution < 1.29 is 0 Å². The van der Waals surface area contributed by atoms with Gasteiger partial charge in [-0.25, -0.2) is 0 Å². The molecule has 0 spiro atoms. The summed E-state index contributed by atoms with van der Waals surface area (Å²) in [6.45, 7) is 1.27. The van der Waals surface area contributed by atoms with Crippen LogP contribution in [0.1, 0.15) is 30.4 Å². The molecule has 0 aliphatic heterocycles. The molecule has 3 rings (SSSR count). The van der Waals surface area contributed by atoms with E-state index in [0.29, 0.717) is 0 Å². The van der Waals surface area contributed by atoms with Crippen LogP contribution in [0.15, 0.2) is 10.8 Å². The first kappa shape index (κ1) is 8.93. The predicted molar refractivity (Wildman–Crippen MR) is 60.9 cm³/mol. The molecule has 1 aromatic rings. The summed E-state index contributed by atoms with van der Waals surface area (Å²) in [7, 11) is 0. The highest BCUT2D eigenvalue weighted by atomic mass is 32.1. The summed E-state index contributed by atoms with van der Waals surface area (Å²) < 4.78 is 0. The van der Waals surface area contributed by atoms with Crippen LogP contribution in [0.2, 0.25) is 0 Å². The van der Waals surface area contributed by atoms with Gasteiger partial charge in [-0.05, 0) is 66.5 Å². The van der Waals surface area contributed by atoms with Crippen LogP contribution in [-0.4, -0.2) is 12.6 Å². The second kappa shape index (κ2) is 3.67. The molecule has 14 heavy (non-hydrogen) atoms. The van der Waals surface area contributed by atoms with E-state index >= 15 is 0 Å². The normalized spacial score (nSPS) is 26.1. The van der Waals surface area contributed by atoms with Crippen molar-refractivity contribution in [1.82, 2.24) is 5.32 Å². The van der Waals surface area contributed by atoms with Crippen LogP contribution in [0.4, 0.5) is 0 Å². The van der Waals surface area contributed by atoms with Gasteiger partial charge in [-0.2, -0.15) is 11.3 Å². The Morgan fingerprint density at radius 1 is 1.21 bits per heavy atom. The third kappa shape index (κ3) is 1.86. The highest BCUT2D eigenvalue weighted by Gasteiger charge is 2.24. The Kier molecular flexibility index (Phi) is 2.34. The van der Waals surface area contributed by atoms with Gasteiger partial charge in [-0.15, -0.1) is 0 Å². The summed E-state index contributed by atoms with van der Waals surface area (Å²) in [5.74, 6) is 1.01. The van der Waals surface area contributed by atoms with E-state index in [9.17, 15) is 0 Å². The molecule has 1 atom stereocenters. The molecule has 1 N–H and O–H groups in total. The van der Waals surface area contributed by atoms with Gasteiger partial charge in [0, 0.05) is 6.04 Å². The van der Waals surface area contributed by atoms with Gasteiger partial charge in [0.1, 0.15) is 0 Å². The van der Waals surface area contributed by atoms with Gasteiger partial charge in [0.15, 0.2) is 0 Å². The highest BCUT2D eigenvalue weighted by Crippen LogP contribution is 2.29. The van der Waals surface area contributed by atoms with Gasteiger partial charge < -0.3 is 5.32 Å². The standard InChI is InChI=1S/C12H17NS/c1-2-9(1)6-13-12-4-3-10-7-14-8-11(10)5-12/h7-9,12-13H,1-6H2. The number of nitrogens with one attached hydrogen (secondary N) is 1. The Labute approximate surface area is 89.5 Å². The molecule has 1 fully saturated rings. The van der Waals surface area contributed by atoms with Crippen molar-refractivity contribution in [1.29, 1.82) is 0 Å². The maximum absolute atomic E-state index is 3.72. The second-order valence-corrected chi connectivity index (χ2v) is 5.46. The summed E-state index contributed by atoms with van der Waals surface area (Å²) >= 11 is 1.87. The third-order valence-corrected chi connectivity index (χ3v) is 4.29. The van der Waals surface area contributed by atoms with Crippen LogP contribution in [0.3, 0.4) is 0 Å². The average molecular weight is 207 g/mol. The smallest absolute Gasteiger partial charge is 0.0111 e. The largest absolute Gasteiger partial charge is 0.313 e. The lowest BCUT2D eigenvalue weighted by Crippen LogP contribution is -2.35. The fourth-order valence-corrected chi connectivity index (χ4v) is 3.19. The zero-order valence-corrected chi connectivity index (χ0v) is 9.28. The van der Waals surface area contributed by atoms with Crippen LogP contribution >= 0.6 is 11.3 Å². The van der Waals surface area contributed by atoms with Crippen molar-refractivity contribution in [2.45, 2.75) is 38.1 Å². The summed E-state index contributed by atoms with van der Waals surface area (Å²) in [5.41, 5.74) is 3.22. The first-order valence-electron chi connectivity index (χ1n) is 5.69. The van der Waals surface area contributed by atoms with Gasteiger partial charge in [-0.3, -0.25) is 0 Å². The SMILES string of the molecule is c1scc2c1CCC(NCC1CC1)C2. The summed E-state index contributed by atoms with van der Waals surface area (Å²) in [4.78, 5) is 0. The average Bonchev–Trinajstić information content (AvgIpc) is 2.92. The van der Waals surface area contributed by atoms with Crippen LogP contribution in [0.5, 0.6) is 0 Å². The highest BCUT2D eigenvalue weighted by molar-refractivity contribution is 7.08. The third-order valence-electron chi connectivity index (χ3n) is 3.45. The number of hydrogen-bond donors (Lipinski definition) is 1. The van der Waals surface area contributed by atoms with Gasteiger partial charge in [0.2, 0.25) is 0 Å². The van der Waals surface area contributed by atoms with Crippen molar-refractivity contribution >= 4 is 11.3 Å². The van der Waals surface area contributed by atoms with Crippen molar-refractivity contribution in [2.75, 3.05) is 6.54 Å². The molecule has 76 valence electrons. The zero-order valence-electron chi connectivity index (χ0n) is 8.46. The first-order valence-corrected chi connectivity index (χ1v) is 6.63. The van der Waals surface area contributed by atoms with Gasteiger partial charge in [-0.1, -0.05) is 0 Å². The lowest BCUT2D eigenvalue weighted by Gasteiger charge is -2.23. The number of thiophene rings is 1. The fourth-order valence-electron chi connectivity index (χ4n) is 2.28. The van der Waals surface area contributed by atoms with Crippen LogP contribution in [-0.2, 0) is 12.8 Å². The summed E-state index contributed by atoms with van der Waals surface area (Å²) in [6.07, 6.45) is 6.83. The lowest BCUT2D eigenvalue weighted by molar-refractivity contribution is 0.450. The molecule has 1 heterocycles. The number of aryl methyl sites for hydroxylation is 1. The van der Waals surface area contributed by atoms with Crippen LogP contribution in [0, 0.1) is 5.92 Å². The molecule has 0 amide bonds. The molecule has 2 heteroatoms. The van der Waals surface area contributed by atoms with Gasteiger partial charge >= 0.3 is 0 Å². The molecule has 0 radical (unpaired) electrons. The number of hydrogen-bond acceptors (Lipinski definition) is 2. The van der Waals surface area contributed by atoms with Gasteiger partial charge in [0.05, 0.1) is 0 Å². The molecule has 1 saturated carbocycles. The van der Waals surface area contributed by atoms with E-state index in [2.05, 4.69) is 16.1 Å². The molecule has 0 bridgehead atoms. The Morgan fingerprint density at radius 2 is 2.07 bits per heavy atom. The molecule has 1 nitrogen and oxygen atoms in total. The second-order valence-electron chi connectivity index (χ2n) is 4.71. The molecular weight excluding hydrogens is 190 g/mol. The van der Waals surface area contributed by atoms with Crippen molar-refractivity contribution in [3.63, 3.8) is 0 Å². The van der Waals surface area contributed by atoms with E-state index in [0.717, 1.165) is 12.0 Å². The molecule has 2 aliphatic rings. The van der Waals surface area contributed by atoms with Crippen molar-refractivity contribution in [2.24, 2.45) is 5.92 Å². The molecule has 0 saturated heterocycles. The quantitative estimate of drug-likeness (QED) is 0.803. The molecular formula is C12H17NS. The topological polar surface area (TPSA) is 12.0 Å². The maximum atomic E-state index is 3.72. The number of fused-ring (bicyclic) bond motifs is 1. The van der Waals surface area contributed by atoms with E-state index in [1.54, 1.807) is 11.1 Å². The van der Waals surface area contributed by atoms with Gasteiger partial charge in [0.25, 0.3) is 0 Å². The Morgan fingerprint density at radius 3 is 2.93 bits per heavy atom. The molecule has 0 aromatic carbocycles. The summed E-state index contributed by atoms with van der Waals surface area (Å²) in [5, 5.41) is 8.38. The maximum Gasteiger partial charge on any atom is 0.0111 e. The lowest BCUT2D eigenvalue weighted by atomic mass is 9.91. The van der Waals surface area contributed by atoms with Crippen LogP contribution in [0.25, 0.3) is 0 Å². The first-order chi connectivity index (χ1) is 6.92.